The van der Waals surface area contributed by atoms with Crippen LogP contribution in [-0.2, 0) is 4.57 Å². The van der Waals surface area contributed by atoms with Crippen molar-refractivity contribution in [3.8, 4) is 22.8 Å². The molecule has 0 N–H and O–H groups in total. The Morgan fingerprint density at radius 2 is 1.15 bits per heavy atom. The van der Waals surface area contributed by atoms with Crippen LogP contribution in [0.25, 0.3) is 16.8 Å². The predicted octanol–water partition coefficient (Wildman–Crippen LogP) is 9.81. The summed E-state index contributed by atoms with van der Waals surface area (Å²) in [7, 11) is -3.97. The maximum Gasteiger partial charge on any atom is 0.442 e. The number of rotatable bonds is 8. The fraction of sp³-hybridized carbons (Fsp3) is 0.0303. The van der Waals surface area contributed by atoms with Crippen molar-refractivity contribution < 1.29 is 13.6 Å². The van der Waals surface area contributed by atoms with Gasteiger partial charge < -0.3 is 13.4 Å². The molecule has 2 heterocycles. The molecule has 0 aliphatic carbocycles. The maximum atomic E-state index is 15.3. The molecule has 6 heteroatoms. The number of halogens is 1. The zero-order valence-corrected chi connectivity index (χ0v) is 23.4. The van der Waals surface area contributed by atoms with Crippen molar-refractivity contribution in [1.82, 2.24) is 4.40 Å². The van der Waals surface area contributed by atoms with E-state index >= 15 is 4.57 Å². The lowest BCUT2D eigenvalue weighted by molar-refractivity contribution is 0.378. The first-order valence-electron chi connectivity index (χ1n) is 12.6. The maximum absolute atomic E-state index is 15.3. The first kappa shape index (κ1) is 25.2. The number of fused-ring (bicyclic) bond motifs is 1. The molecule has 0 aliphatic rings. The van der Waals surface area contributed by atoms with Gasteiger partial charge in [0.1, 0.15) is 17.2 Å². The van der Waals surface area contributed by atoms with Crippen LogP contribution in [0.15, 0.2) is 150 Å². The fourth-order valence-electron chi connectivity index (χ4n) is 4.82. The molecule has 1 atom stereocenters. The molecule has 0 radical (unpaired) electrons. The molecule has 2 aromatic heterocycles. The number of hydrogen-bond donors (Lipinski definition) is 0. The average molecular weight is 594 g/mol. The summed E-state index contributed by atoms with van der Waals surface area (Å²) in [6.45, 7) is 0. The third kappa shape index (κ3) is 5.16. The molecule has 0 spiro atoms. The Hall–Kier alpha value is -4.05. The standard InChI is InChI=1S/C33H25BrNO3P/c34-30-21-11-10-20-28(30)33(29-24-32(25-14-4-1-5-15-25)35-23-13-12-22-31(29)35)39(36,37-26-16-6-2-7-17-26)38-27-18-8-3-9-19-27/h1-24,33H. The number of nitrogens with zero attached hydrogens (tertiary/aromatic N) is 1. The topological polar surface area (TPSA) is 39.9 Å². The highest BCUT2D eigenvalue weighted by molar-refractivity contribution is 9.10. The monoisotopic (exact) mass is 593 g/mol. The van der Waals surface area contributed by atoms with Crippen LogP contribution in [0, 0.1) is 0 Å². The molecule has 192 valence electrons. The molecule has 0 saturated heterocycles. The second-order valence-electron chi connectivity index (χ2n) is 9.08. The minimum atomic E-state index is -3.97. The Morgan fingerprint density at radius 3 is 1.77 bits per heavy atom. The summed E-state index contributed by atoms with van der Waals surface area (Å²) in [5, 5.41) is 0. The van der Waals surface area contributed by atoms with Gasteiger partial charge in [0.05, 0.1) is 11.2 Å². The van der Waals surface area contributed by atoms with E-state index in [2.05, 4.69) is 38.5 Å². The summed E-state index contributed by atoms with van der Waals surface area (Å²) in [5.74, 6) is 0.946. The van der Waals surface area contributed by atoms with E-state index in [1.807, 2.05) is 103 Å². The van der Waals surface area contributed by atoms with Gasteiger partial charge in [-0.05, 0) is 59.7 Å². The van der Waals surface area contributed by atoms with Gasteiger partial charge in [-0.3, -0.25) is 0 Å². The molecule has 0 bridgehead atoms. The second-order valence-corrected chi connectivity index (χ2v) is 11.9. The zero-order chi connectivity index (χ0) is 26.7. The molecule has 1 unspecified atom stereocenters. The quantitative estimate of drug-likeness (QED) is 0.165. The SMILES string of the molecule is O=P(Oc1ccccc1)(Oc1ccccc1)C(c1ccccc1Br)c1cc(-c2ccccc2)n2ccccc12. The van der Waals surface area contributed by atoms with Crippen molar-refractivity contribution >= 4 is 29.0 Å². The Balaban J connectivity index is 1.62. The summed E-state index contributed by atoms with van der Waals surface area (Å²) >= 11 is 3.73. The molecule has 0 amide bonds. The van der Waals surface area contributed by atoms with Crippen molar-refractivity contribution in [2.24, 2.45) is 0 Å². The minimum Gasteiger partial charge on any atom is -0.415 e. The van der Waals surface area contributed by atoms with E-state index < -0.39 is 13.3 Å². The lowest BCUT2D eigenvalue weighted by Crippen LogP contribution is -2.13. The summed E-state index contributed by atoms with van der Waals surface area (Å²) in [6, 6.07) is 44.5. The van der Waals surface area contributed by atoms with Gasteiger partial charge in [0.15, 0.2) is 0 Å². The molecule has 6 rings (SSSR count). The molecule has 0 aliphatic heterocycles. The van der Waals surface area contributed by atoms with Gasteiger partial charge in [0.2, 0.25) is 0 Å². The predicted molar refractivity (Wildman–Crippen MR) is 161 cm³/mol. The van der Waals surface area contributed by atoms with Crippen molar-refractivity contribution in [2.45, 2.75) is 5.66 Å². The molecule has 4 aromatic carbocycles. The number of pyridine rings is 1. The highest BCUT2D eigenvalue weighted by Gasteiger charge is 2.44. The van der Waals surface area contributed by atoms with Crippen molar-refractivity contribution in [3.63, 3.8) is 0 Å². The summed E-state index contributed by atoms with van der Waals surface area (Å²) in [5.41, 5.74) is 3.87. The van der Waals surface area contributed by atoms with E-state index in [1.54, 1.807) is 24.3 Å². The molecule has 0 saturated carbocycles. The molecule has 39 heavy (non-hydrogen) atoms. The van der Waals surface area contributed by atoms with Gasteiger partial charge in [-0.25, -0.2) is 4.57 Å². The van der Waals surface area contributed by atoms with E-state index in [0.717, 1.165) is 32.4 Å². The van der Waals surface area contributed by atoms with Gasteiger partial charge in [0, 0.05) is 16.2 Å². The van der Waals surface area contributed by atoms with Crippen molar-refractivity contribution in [1.29, 1.82) is 0 Å². The molecular weight excluding hydrogens is 569 g/mol. The van der Waals surface area contributed by atoms with E-state index in [9.17, 15) is 0 Å². The Labute approximate surface area is 236 Å². The van der Waals surface area contributed by atoms with Crippen LogP contribution in [0.3, 0.4) is 0 Å². The third-order valence-corrected chi connectivity index (χ3v) is 9.38. The van der Waals surface area contributed by atoms with Crippen LogP contribution in [-0.4, -0.2) is 4.40 Å². The number of para-hydroxylation sites is 2. The second kappa shape index (κ2) is 11.0. The summed E-state index contributed by atoms with van der Waals surface area (Å²) in [4.78, 5) is 0. The number of hydrogen-bond acceptors (Lipinski definition) is 3. The van der Waals surface area contributed by atoms with E-state index in [4.69, 9.17) is 9.05 Å². The number of aromatic nitrogens is 1. The van der Waals surface area contributed by atoms with Gasteiger partial charge in [-0.15, -0.1) is 0 Å². The molecule has 0 fully saturated rings. The van der Waals surface area contributed by atoms with Gasteiger partial charge in [-0.1, -0.05) is 107 Å². The van der Waals surface area contributed by atoms with Gasteiger partial charge >= 0.3 is 7.60 Å². The fourth-order valence-corrected chi connectivity index (χ4v) is 7.70. The summed E-state index contributed by atoms with van der Waals surface area (Å²) in [6.07, 6.45) is 2.03. The van der Waals surface area contributed by atoms with Gasteiger partial charge in [-0.2, -0.15) is 0 Å². The number of benzene rings is 4. The lowest BCUT2D eigenvalue weighted by atomic mass is 10.0. The molecule has 4 nitrogen and oxygen atoms in total. The van der Waals surface area contributed by atoms with Crippen LogP contribution in [0.2, 0.25) is 0 Å². The van der Waals surface area contributed by atoms with E-state index in [0.29, 0.717) is 11.5 Å². The van der Waals surface area contributed by atoms with Crippen molar-refractivity contribution in [3.05, 3.63) is 161 Å². The smallest absolute Gasteiger partial charge is 0.415 e. The third-order valence-electron chi connectivity index (χ3n) is 6.54. The Bertz CT molecular complexity index is 1710. The van der Waals surface area contributed by atoms with Crippen LogP contribution in [0.5, 0.6) is 11.5 Å². The highest BCUT2D eigenvalue weighted by atomic mass is 79.9. The van der Waals surface area contributed by atoms with Crippen LogP contribution < -0.4 is 9.05 Å². The van der Waals surface area contributed by atoms with Gasteiger partial charge in [0.25, 0.3) is 0 Å². The van der Waals surface area contributed by atoms with Crippen LogP contribution >= 0.6 is 23.5 Å². The summed E-state index contributed by atoms with van der Waals surface area (Å²) < 4.78 is 31.1. The first-order chi connectivity index (χ1) is 19.1. The lowest BCUT2D eigenvalue weighted by Gasteiger charge is -2.28. The molecular formula is C33H25BrNO3P. The Morgan fingerprint density at radius 1 is 0.615 bits per heavy atom. The average Bonchev–Trinajstić information content (AvgIpc) is 3.35. The van der Waals surface area contributed by atoms with E-state index in [-0.39, 0.29) is 0 Å². The van der Waals surface area contributed by atoms with Crippen LogP contribution in [0.1, 0.15) is 16.8 Å². The normalized spacial score (nSPS) is 12.2. The zero-order valence-electron chi connectivity index (χ0n) is 20.9. The highest BCUT2D eigenvalue weighted by Crippen LogP contribution is 2.64. The van der Waals surface area contributed by atoms with Crippen LogP contribution in [0.4, 0.5) is 0 Å². The largest absolute Gasteiger partial charge is 0.442 e. The van der Waals surface area contributed by atoms with Crippen molar-refractivity contribution in [2.75, 3.05) is 0 Å². The van der Waals surface area contributed by atoms with E-state index in [1.165, 1.54) is 0 Å². The minimum absolute atomic E-state index is 0.473. The first-order valence-corrected chi connectivity index (χ1v) is 15.0. The molecule has 6 aromatic rings. The Kier molecular flexibility index (Phi) is 7.10.